The van der Waals surface area contributed by atoms with Gasteiger partial charge >= 0.3 is 5.97 Å². The number of carboxylic acids is 1. The average Bonchev–Trinajstić information content (AvgIpc) is 2.15. The first-order valence-corrected chi connectivity index (χ1v) is 4.22. The Labute approximate surface area is 81.1 Å². The van der Waals surface area contributed by atoms with Gasteiger partial charge in [0.05, 0.1) is 19.6 Å². The van der Waals surface area contributed by atoms with Gasteiger partial charge in [0.1, 0.15) is 5.82 Å². The standard InChI is InChI=1S/C10H11FO3/c11-9-3-1-8(2-4-9)7-14-6-5-10(12)13/h1-4H,5-7H2,(H,12,13). The minimum absolute atomic E-state index is 0.0127. The highest BCUT2D eigenvalue weighted by Crippen LogP contribution is 2.04. The highest BCUT2D eigenvalue weighted by Gasteiger charge is 1.97. The van der Waals surface area contributed by atoms with Crippen molar-refractivity contribution in [3.63, 3.8) is 0 Å². The van der Waals surface area contributed by atoms with E-state index in [1.54, 1.807) is 12.1 Å². The van der Waals surface area contributed by atoms with Gasteiger partial charge in [-0.05, 0) is 17.7 Å². The summed E-state index contributed by atoms with van der Waals surface area (Å²) >= 11 is 0. The van der Waals surface area contributed by atoms with Gasteiger partial charge in [-0.15, -0.1) is 0 Å². The molecule has 0 saturated heterocycles. The fourth-order valence-electron chi connectivity index (χ4n) is 0.930. The van der Waals surface area contributed by atoms with Gasteiger partial charge in [0.25, 0.3) is 0 Å². The molecule has 1 aromatic rings. The van der Waals surface area contributed by atoms with Gasteiger partial charge in [0.2, 0.25) is 0 Å². The van der Waals surface area contributed by atoms with Crippen molar-refractivity contribution in [2.45, 2.75) is 13.0 Å². The molecule has 4 heteroatoms. The van der Waals surface area contributed by atoms with Crippen LogP contribution in [0.2, 0.25) is 0 Å². The number of halogens is 1. The lowest BCUT2D eigenvalue weighted by molar-refractivity contribution is -0.138. The maximum absolute atomic E-state index is 12.5. The molecule has 0 amide bonds. The Balaban J connectivity index is 2.25. The van der Waals surface area contributed by atoms with Crippen LogP contribution in [0.25, 0.3) is 0 Å². The summed E-state index contributed by atoms with van der Waals surface area (Å²) in [5.41, 5.74) is 0.830. The van der Waals surface area contributed by atoms with E-state index >= 15 is 0 Å². The summed E-state index contributed by atoms with van der Waals surface area (Å²) in [5.74, 6) is -1.18. The summed E-state index contributed by atoms with van der Waals surface area (Å²) in [6, 6.07) is 5.90. The topological polar surface area (TPSA) is 46.5 Å². The normalized spacial score (nSPS) is 10.1. The SMILES string of the molecule is O=C(O)CCOCc1ccc(F)cc1. The second-order valence-corrected chi connectivity index (χ2v) is 2.82. The molecule has 0 aliphatic carbocycles. The van der Waals surface area contributed by atoms with Gasteiger partial charge in [0.15, 0.2) is 0 Å². The van der Waals surface area contributed by atoms with E-state index in [-0.39, 0.29) is 18.8 Å². The Morgan fingerprint density at radius 1 is 1.36 bits per heavy atom. The third kappa shape index (κ3) is 4.00. The fourth-order valence-corrected chi connectivity index (χ4v) is 0.930. The van der Waals surface area contributed by atoms with Crippen molar-refractivity contribution in [1.82, 2.24) is 0 Å². The number of carboxylic acid groups (broad SMARTS) is 1. The van der Waals surface area contributed by atoms with Crippen molar-refractivity contribution in [1.29, 1.82) is 0 Å². The first kappa shape index (κ1) is 10.7. The number of hydrogen-bond donors (Lipinski definition) is 1. The molecule has 0 saturated carbocycles. The van der Waals surface area contributed by atoms with Crippen LogP contribution >= 0.6 is 0 Å². The van der Waals surface area contributed by atoms with Crippen LogP contribution < -0.4 is 0 Å². The second kappa shape index (κ2) is 5.34. The molecule has 0 radical (unpaired) electrons. The Bertz CT molecular complexity index is 295. The molecule has 0 aliphatic rings. The molecule has 1 N–H and O–H groups in total. The van der Waals surface area contributed by atoms with Gasteiger partial charge in [-0.3, -0.25) is 4.79 Å². The number of ether oxygens (including phenoxy) is 1. The summed E-state index contributed by atoms with van der Waals surface area (Å²) in [6.45, 7) is 0.486. The zero-order chi connectivity index (χ0) is 10.4. The second-order valence-electron chi connectivity index (χ2n) is 2.82. The monoisotopic (exact) mass is 198 g/mol. The molecule has 76 valence electrons. The lowest BCUT2D eigenvalue weighted by Crippen LogP contribution is -2.02. The van der Waals surface area contributed by atoms with Crippen molar-refractivity contribution in [2.24, 2.45) is 0 Å². The summed E-state index contributed by atoms with van der Waals surface area (Å²) in [5, 5.41) is 8.32. The summed E-state index contributed by atoms with van der Waals surface area (Å²) < 4.78 is 17.5. The first-order chi connectivity index (χ1) is 6.68. The lowest BCUT2D eigenvalue weighted by atomic mass is 10.2. The molecule has 0 bridgehead atoms. The van der Waals surface area contributed by atoms with Crippen LogP contribution in [-0.4, -0.2) is 17.7 Å². The van der Waals surface area contributed by atoms with E-state index < -0.39 is 5.97 Å². The largest absolute Gasteiger partial charge is 0.481 e. The Morgan fingerprint density at radius 3 is 2.57 bits per heavy atom. The molecule has 0 spiro atoms. The van der Waals surface area contributed by atoms with E-state index in [4.69, 9.17) is 9.84 Å². The van der Waals surface area contributed by atoms with Crippen LogP contribution in [0.4, 0.5) is 4.39 Å². The molecule has 1 aromatic carbocycles. The number of rotatable bonds is 5. The zero-order valence-corrected chi connectivity index (χ0v) is 7.57. The average molecular weight is 198 g/mol. The van der Waals surface area contributed by atoms with Gasteiger partial charge < -0.3 is 9.84 Å². The van der Waals surface area contributed by atoms with E-state index in [0.717, 1.165) is 5.56 Å². The summed E-state index contributed by atoms with van der Waals surface area (Å²) in [7, 11) is 0. The number of aliphatic carboxylic acids is 1. The third-order valence-corrected chi connectivity index (χ3v) is 1.64. The van der Waals surface area contributed by atoms with Crippen LogP contribution in [0.1, 0.15) is 12.0 Å². The molecule has 14 heavy (non-hydrogen) atoms. The first-order valence-electron chi connectivity index (χ1n) is 4.22. The number of hydrogen-bond acceptors (Lipinski definition) is 2. The van der Waals surface area contributed by atoms with Crippen molar-refractivity contribution in [2.75, 3.05) is 6.61 Å². The number of carbonyl (C=O) groups is 1. The van der Waals surface area contributed by atoms with Crippen molar-refractivity contribution in [3.05, 3.63) is 35.6 Å². The Morgan fingerprint density at radius 2 is 2.00 bits per heavy atom. The van der Waals surface area contributed by atoms with Gasteiger partial charge in [-0.2, -0.15) is 0 Å². The van der Waals surface area contributed by atoms with E-state index in [1.807, 2.05) is 0 Å². The van der Waals surface area contributed by atoms with Crippen LogP contribution in [-0.2, 0) is 16.1 Å². The highest BCUT2D eigenvalue weighted by atomic mass is 19.1. The molecule has 0 atom stereocenters. The quantitative estimate of drug-likeness (QED) is 0.734. The molecule has 3 nitrogen and oxygen atoms in total. The van der Waals surface area contributed by atoms with E-state index in [9.17, 15) is 9.18 Å². The smallest absolute Gasteiger partial charge is 0.305 e. The maximum Gasteiger partial charge on any atom is 0.305 e. The van der Waals surface area contributed by atoms with Crippen LogP contribution in [0.3, 0.4) is 0 Å². The summed E-state index contributed by atoms with van der Waals surface area (Å²) in [6.07, 6.45) is -0.0127. The Kier molecular flexibility index (Phi) is 4.07. The Hall–Kier alpha value is -1.42. The molecule has 0 fully saturated rings. The van der Waals surface area contributed by atoms with Crippen molar-refractivity contribution < 1.29 is 19.0 Å². The molecule has 0 aliphatic heterocycles. The molecule has 1 rings (SSSR count). The lowest BCUT2D eigenvalue weighted by Gasteiger charge is -2.02. The fraction of sp³-hybridized carbons (Fsp3) is 0.300. The van der Waals surface area contributed by atoms with Gasteiger partial charge in [-0.25, -0.2) is 4.39 Å². The van der Waals surface area contributed by atoms with Gasteiger partial charge in [0, 0.05) is 0 Å². The van der Waals surface area contributed by atoms with E-state index in [1.165, 1.54) is 12.1 Å². The predicted octanol–water partition coefficient (Wildman–Crippen LogP) is 1.82. The van der Waals surface area contributed by atoms with Crippen LogP contribution in [0, 0.1) is 5.82 Å². The molecule has 0 aromatic heterocycles. The molecule has 0 unspecified atom stereocenters. The van der Waals surface area contributed by atoms with Gasteiger partial charge in [-0.1, -0.05) is 12.1 Å². The van der Waals surface area contributed by atoms with Crippen molar-refractivity contribution in [3.8, 4) is 0 Å². The predicted molar refractivity (Wildman–Crippen MR) is 48.3 cm³/mol. The number of benzene rings is 1. The van der Waals surface area contributed by atoms with Crippen molar-refractivity contribution >= 4 is 5.97 Å². The minimum Gasteiger partial charge on any atom is -0.481 e. The highest BCUT2D eigenvalue weighted by molar-refractivity contribution is 5.66. The molecular formula is C10H11FO3. The third-order valence-electron chi connectivity index (χ3n) is 1.64. The van der Waals surface area contributed by atoms with E-state index in [2.05, 4.69) is 0 Å². The zero-order valence-electron chi connectivity index (χ0n) is 7.57. The summed E-state index contributed by atoms with van der Waals surface area (Å²) in [4.78, 5) is 10.1. The van der Waals surface area contributed by atoms with Crippen LogP contribution in [0.15, 0.2) is 24.3 Å². The molecule has 0 heterocycles. The minimum atomic E-state index is -0.885. The van der Waals surface area contributed by atoms with Crippen LogP contribution in [0.5, 0.6) is 0 Å². The maximum atomic E-state index is 12.5. The van der Waals surface area contributed by atoms with E-state index in [0.29, 0.717) is 6.61 Å². The molecular weight excluding hydrogens is 187 g/mol.